The van der Waals surface area contributed by atoms with Crippen molar-refractivity contribution in [2.24, 2.45) is 5.73 Å². The highest BCUT2D eigenvalue weighted by Gasteiger charge is 2.17. The number of hydrogen-bond donors (Lipinski definition) is 1. The monoisotopic (exact) mass is 243 g/mol. The normalized spacial score (nSPS) is 24.7. The Bertz CT molecular complexity index is 83.0. The van der Waals surface area contributed by atoms with Gasteiger partial charge < -0.3 is 15.2 Å². The summed E-state index contributed by atoms with van der Waals surface area (Å²) >= 11 is 2.15. The molecule has 3 nitrogen and oxygen atoms in total. The van der Waals surface area contributed by atoms with Gasteiger partial charge in [-0.3, -0.25) is 0 Å². The predicted octanol–water partition coefficient (Wildman–Crippen LogP) is 0.469. The van der Waals surface area contributed by atoms with E-state index in [4.69, 9.17) is 15.2 Å². The summed E-state index contributed by atoms with van der Waals surface area (Å²) in [6.45, 7) is 1.43. The molecule has 0 amide bonds. The lowest BCUT2D eigenvalue weighted by Crippen LogP contribution is -2.20. The third-order valence-electron chi connectivity index (χ3n) is 1.11. The number of alkyl halides is 1. The number of hydrogen-bond acceptors (Lipinski definition) is 3. The molecule has 1 aliphatic heterocycles. The lowest BCUT2D eigenvalue weighted by molar-refractivity contribution is -0.0455. The van der Waals surface area contributed by atoms with E-state index >= 15 is 0 Å². The van der Waals surface area contributed by atoms with Gasteiger partial charge in [0.05, 0.1) is 17.3 Å². The van der Waals surface area contributed by atoms with E-state index in [9.17, 15) is 0 Å². The van der Waals surface area contributed by atoms with Crippen molar-refractivity contribution in [3.8, 4) is 0 Å². The van der Waals surface area contributed by atoms with Crippen LogP contribution >= 0.6 is 22.6 Å². The standard InChI is InChI=1S/C5H10INO2/c6-4(7)3-5-8-1-2-9-5/h4-5H,1-3,7H2. The fraction of sp³-hybridized carbons (Fsp3) is 1.00. The van der Waals surface area contributed by atoms with E-state index < -0.39 is 0 Å². The number of ether oxygens (including phenoxy) is 2. The second-order valence-electron chi connectivity index (χ2n) is 1.92. The van der Waals surface area contributed by atoms with E-state index in [0.717, 1.165) is 6.42 Å². The van der Waals surface area contributed by atoms with Crippen LogP contribution in [0.15, 0.2) is 0 Å². The first-order chi connectivity index (χ1) is 4.29. The van der Waals surface area contributed by atoms with E-state index in [1.165, 1.54) is 0 Å². The van der Waals surface area contributed by atoms with E-state index in [-0.39, 0.29) is 10.3 Å². The SMILES string of the molecule is NC(I)CC1OCCO1. The molecule has 1 rings (SSSR count). The lowest BCUT2D eigenvalue weighted by Gasteiger charge is -2.09. The van der Waals surface area contributed by atoms with Gasteiger partial charge in [0, 0.05) is 6.42 Å². The maximum Gasteiger partial charge on any atom is 0.160 e. The third kappa shape index (κ3) is 2.79. The minimum absolute atomic E-state index is 0.0445. The van der Waals surface area contributed by atoms with Crippen LogP contribution in [0.1, 0.15) is 6.42 Å². The topological polar surface area (TPSA) is 44.5 Å². The van der Waals surface area contributed by atoms with Crippen LogP contribution in [-0.2, 0) is 9.47 Å². The van der Waals surface area contributed by atoms with Crippen LogP contribution in [0.25, 0.3) is 0 Å². The Labute approximate surface area is 68.0 Å². The quantitative estimate of drug-likeness (QED) is 0.435. The summed E-state index contributed by atoms with van der Waals surface area (Å²) in [7, 11) is 0. The maximum atomic E-state index is 5.50. The molecule has 2 N–H and O–H groups in total. The number of rotatable bonds is 2. The molecule has 1 heterocycles. The fourth-order valence-electron chi connectivity index (χ4n) is 0.727. The average Bonchev–Trinajstić information content (AvgIpc) is 2.15. The van der Waals surface area contributed by atoms with Crippen molar-refractivity contribution in [1.29, 1.82) is 0 Å². The summed E-state index contributed by atoms with van der Waals surface area (Å²) in [6.07, 6.45) is 0.748. The second-order valence-corrected chi connectivity index (χ2v) is 3.52. The van der Waals surface area contributed by atoms with Gasteiger partial charge in [-0.15, -0.1) is 0 Å². The fourth-order valence-corrected chi connectivity index (χ4v) is 1.14. The highest BCUT2D eigenvalue weighted by Crippen LogP contribution is 2.11. The van der Waals surface area contributed by atoms with Crippen LogP contribution in [0.4, 0.5) is 0 Å². The molecular formula is C5H10INO2. The van der Waals surface area contributed by atoms with Gasteiger partial charge in [0.2, 0.25) is 0 Å². The van der Waals surface area contributed by atoms with Gasteiger partial charge in [-0.2, -0.15) is 0 Å². The summed E-state index contributed by atoms with van der Waals surface area (Å²) in [5.41, 5.74) is 5.50. The van der Waals surface area contributed by atoms with Crippen molar-refractivity contribution < 1.29 is 9.47 Å². The minimum Gasteiger partial charge on any atom is -0.350 e. The van der Waals surface area contributed by atoms with Gasteiger partial charge in [-0.1, -0.05) is 22.6 Å². The van der Waals surface area contributed by atoms with Crippen molar-refractivity contribution in [2.45, 2.75) is 16.8 Å². The van der Waals surface area contributed by atoms with Gasteiger partial charge in [-0.25, -0.2) is 0 Å². The zero-order chi connectivity index (χ0) is 6.69. The smallest absolute Gasteiger partial charge is 0.160 e. The van der Waals surface area contributed by atoms with Gasteiger partial charge >= 0.3 is 0 Å². The minimum atomic E-state index is -0.0445. The largest absolute Gasteiger partial charge is 0.350 e. The summed E-state index contributed by atoms with van der Waals surface area (Å²) in [5, 5.41) is 0. The molecule has 0 aromatic rings. The first-order valence-electron chi connectivity index (χ1n) is 2.92. The highest BCUT2D eigenvalue weighted by atomic mass is 127. The van der Waals surface area contributed by atoms with E-state index in [0.29, 0.717) is 13.2 Å². The Balaban J connectivity index is 2.11. The first-order valence-corrected chi connectivity index (χ1v) is 4.16. The summed E-state index contributed by atoms with van der Waals surface area (Å²) in [4.78, 5) is 0. The molecule has 0 saturated carbocycles. The van der Waals surface area contributed by atoms with Crippen LogP contribution < -0.4 is 5.73 Å². The molecule has 1 unspecified atom stereocenters. The Morgan fingerprint density at radius 1 is 1.56 bits per heavy atom. The Morgan fingerprint density at radius 3 is 2.56 bits per heavy atom. The number of nitrogens with two attached hydrogens (primary N) is 1. The second kappa shape index (κ2) is 3.70. The van der Waals surface area contributed by atoms with Crippen LogP contribution in [0.5, 0.6) is 0 Å². The van der Waals surface area contributed by atoms with E-state index in [2.05, 4.69) is 22.6 Å². The Hall–Kier alpha value is 0.610. The molecular weight excluding hydrogens is 233 g/mol. The van der Waals surface area contributed by atoms with Gasteiger partial charge in [0.15, 0.2) is 6.29 Å². The zero-order valence-electron chi connectivity index (χ0n) is 5.05. The molecule has 9 heavy (non-hydrogen) atoms. The summed E-state index contributed by atoms with van der Waals surface area (Å²) in [5.74, 6) is 0. The molecule has 1 saturated heterocycles. The Kier molecular flexibility index (Phi) is 3.17. The summed E-state index contributed by atoms with van der Waals surface area (Å²) in [6, 6.07) is 0. The van der Waals surface area contributed by atoms with E-state index in [1.54, 1.807) is 0 Å². The highest BCUT2D eigenvalue weighted by molar-refractivity contribution is 14.1. The van der Waals surface area contributed by atoms with Crippen molar-refractivity contribution in [3.63, 3.8) is 0 Å². The van der Waals surface area contributed by atoms with Crippen molar-refractivity contribution in [1.82, 2.24) is 0 Å². The lowest BCUT2D eigenvalue weighted by atomic mass is 10.4. The van der Waals surface area contributed by atoms with E-state index in [1.807, 2.05) is 0 Å². The molecule has 4 heteroatoms. The Morgan fingerprint density at radius 2 is 2.11 bits per heavy atom. The molecule has 0 aliphatic carbocycles. The van der Waals surface area contributed by atoms with Crippen molar-refractivity contribution in [2.75, 3.05) is 13.2 Å². The molecule has 0 bridgehead atoms. The molecule has 54 valence electrons. The molecule has 1 fully saturated rings. The van der Waals surface area contributed by atoms with Gasteiger partial charge in [0.1, 0.15) is 0 Å². The molecule has 0 radical (unpaired) electrons. The molecule has 0 aromatic carbocycles. The van der Waals surface area contributed by atoms with Crippen molar-refractivity contribution in [3.05, 3.63) is 0 Å². The van der Waals surface area contributed by atoms with Crippen LogP contribution in [0, 0.1) is 0 Å². The molecule has 0 spiro atoms. The summed E-state index contributed by atoms with van der Waals surface area (Å²) < 4.78 is 10.5. The van der Waals surface area contributed by atoms with Gasteiger partial charge in [-0.05, 0) is 0 Å². The van der Waals surface area contributed by atoms with Crippen LogP contribution in [-0.4, -0.2) is 23.6 Å². The first kappa shape index (κ1) is 7.71. The van der Waals surface area contributed by atoms with Crippen molar-refractivity contribution >= 4 is 22.6 Å². The molecule has 1 atom stereocenters. The van der Waals surface area contributed by atoms with Gasteiger partial charge in [0.25, 0.3) is 0 Å². The average molecular weight is 243 g/mol. The van der Waals surface area contributed by atoms with Crippen LogP contribution in [0.3, 0.4) is 0 Å². The molecule has 1 aliphatic rings. The zero-order valence-corrected chi connectivity index (χ0v) is 7.21. The predicted molar refractivity (Wildman–Crippen MR) is 42.3 cm³/mol. The maximum absolute atomic E-state index is 5.50. The van der Waals surface area contributed by atoms with Crippen LogP contribution in [0.2, 0.25) is 0 Å². The number of halogens is 1. The third-order valence-corrected chi connectivity index (χ3v) is 1.62. The molecule has 0 aromatic heterocycles.